The van der Waals surface area contributed by atoms with E-state index in [4.69, 9.17) is 39.9 Å². The Kier molecular flexibility index (Phi) is 14.5. The fourth-order valence-electron chi connectivity index (χ4n) is 17.4. The number of nitrogens with zero attached hydrogens (tertiary/aromatic N) is 8. The predicted octanol–water partition coefficient (Wildman–Crippen LogP) is 8.73. The number of hydrogen-bond acceptors (Lipinski definition) is 14. The van der Waals surface area contributed by atoms with Crippen LogP contribution in [0.25, 0.3) is 89.7 Å². The van der Waals surface area contributed by atoms with Gasteiger partial charge in [-0.15, -0.1) is 0 Å². The molecule has 10 heterocycles. The van der Waals surface area contributed by atoms with Crippen molar-refractivity contribution < 1.29 is 33.8 Å². The third-order valence-electron chi connectivity index (χ3n) is 21.1. The van der Waals surface area contributed by atoms with E-state index in [0.29, 0.717) is 95.2 Å². The maximum Gasteiger partial charge on any atom is 2.00 e. The van der Waals surface area contributed by atoms with Gasteiger partial charge in [-0.05, 0) is 120 Å². The van der Waals surface area contributed by atoms with Gasteiger partial charge in [0.2, 0.25) is 0 Å². The van der Waals surface area contributed by atoms with Gasteiger partial charge in [-0.2, -0.15) is 0 Å². The number of nitrogens with one attached hydrogen (secondary N) is 8. The molecule has 7 aromatic rings. The molecule has 18 heteroatoms. The van der Waals surface area contributed by atoms with E-state index < -0.39 is 0 Å². The van der Waals surface area contributed by atoms with Crippen LogP contribution in [-0.4, -0.2) is 79.2 Å². The third kappa shape index (κ3) is 9.21. The van der Waals surface area contributed by atoms with Crippen LogP contribution >= 0.6 is 0 Å². The molecule has 428 valence electrons. The second-order valence-electron chi connectivity index (χ2n) is 25.3. The van der Waals surface area contributed by atoms with Gasteiger partial charge in [0.25, 0.3) is 0 Å². The molecule has 8 atom stereocenters. The largest absolute Gasteiger partial charge is 2.00 e. The molecule has 4 aromatic carbocycles. The summed E-state index contributed by atoms with van der Waals surface area (Å²) in [7, 11) is 0. The number of hydrogen-bond donors (Lipinski definition) is 8. The van der Waals surface area contributed by atoms with Gasteiger partial charge in [0, 0.05) is 61.6 Å². The van der Waals surface area contributed by atoms with Crippen LogP contribution in [-0.2, 0) is 33.8 Å². The molecule has 3 aromatic heterocycles. The molecule has 82 heavy (non-hydrogen) atoms. The minimum Gasteiger partial charge on any atom is -0.357 e. The van der Waals surface area contributed by atoms with Gasteiger partial charge < -0.3 is 29.9 Å². The third-order valence-corrected chi connectivity index (χ3v) is 21.1. The van der Waals surface area contributed by atoms with E-state index >= 15 is 0 Å². The summed E-state index contributed by atoms with van der Waals surface area (Å²) in [5.41, 5.74) is 5.78. The summed E-state index contributed by atoms with van der Waals surface area (Å²) in [5, 5.41) is 37.4. The van der Waals surface area contributed by atoms with E-state index in [1.807, 2.05) is 97.1 Å². The molecule has 9 fully saturated rings. The average Bonchev–Trinajstić information content (AvgIpc) is 4.54. The van der Waals surface area contributed by atoms with Crippen LogP contribution in [0, 0.1) is 47.3 Å². The van der Waals surface area contributed by atoms with Crippen LogP contribution in [0.1, 0.15) is 103 Å². The van der Waals surface area contributed by atoms with Gasteiger partial charge in [-0.25, -0.2) is 9.97 Å². The molecule has 4 aliphatic carbocycles. The molecule has 11 aliphatic rings. The standard InChI is InChI=1S/C32H56N8.C32H16N8.Co.Cu/c2*1-2-10-18-17(9-1)25-33-26(18)38-28-21-13-5-6-14-22(21)30(35-28)40-32-24-16-8-7-15-23(24)31(36-32)39-29-20-12-4-3-11-19(20)27(34-29)37-25;;/h17-40H,1-16H2;1-16H;;/q;-2;;+2. The Morgan fingerprint density at radius 2 is 0.451 bits per heavy atom. The molecule has 8 unspecified atom stereocenters. The molecule has 0 amide bonds. The van der Waals surface area contributed by atoms with Crippen LogP contribution in [0.5, 0.6) is 0 Å². The fourth-order valence-corrected chi connectivity index (χ4v) is 17.4. The van der Waals surface area contributed by atoms with Gasteiger partial charge in [-0.1, -0.05) is 148 Å². The fraction of sp³-hybridized carbons (Fsp3) is 0.500. The minimum absolute atomic E-state index is 0. The molecular weight excluding hydrogens is 1120 g/mol. The van der Waals surface area contributed by atoms with Crippen molar-refractivity contribution in [2.45, 2.75) is 152 Å². The maximum atomic E-state index is 4.95. The zero-order valence-electron chi connectivity index (χ0n) is 46.0. The molecule has 4 saturated carbocycles. The number of rotatable bonds is 0. The van der Waals surface area contributed by atoms with Crippen molar-refractivity contribution in [3.05, 3.63) is 97.1 Å². The molecule has 8 N–H and O–H groups in total. The van der Waals surface area contributed by atoms with Gasteiger partial charge in [0.1, 0.15) is 0 Å². The first-order valence-corrected chi connectivity index (χ1v) is 30.8. The van der Waals surface area contributed by atoms with E-state index in [0.717, 1.165) is 91.1 Å². The molecular formula is C64H72CoCuN16. The van der Waals surface area contributed by atoms with Crippen LogP contribution < -0.4 is 52.5 Å². The quantitative estimate of drug-likeness (QED) is 0.0670. The van der Waals surface area contributed by atoms with Crippen molar-refractivity contribution in [1.29, 1.82) is 0 Å². The van der Waals surface area contributed by atoms with Gasteiger partial charge in [-0.3, -0.25) is 42.5 Å². The van der Waals surface area contributed by atoms with Crippen molar-refractivity contribution in [3.8, 4) is 45.6 Å². The maximum absolute atomic E-state index is 4.95. The first kappa shape index (κ1) is 53.7. The Balaban J connectivity index is 0.000000137. The van der Waals surface area contributed by atoms with Crippen molar-refractivity contribution in [2.24, 2.45) is 47.3 Å². The molecule has 0 spiro atoms. The summed E-state index contributed by atoms with van der Waals surface area (Å²) in [4.78, 5) is 39.3. The summed E-state index contributed by atoms with van der Waals surface area (Å²) in [6.45, 7) is 0. The van der Waals surface area contributed by atoms with Crippen LogP contribution in [0.2, 0.25) is 0 Å². The van der Waals surface area contributed by atoms with E-state index in [-0.39, 0.29) is 33.8 Å². The molecule has 18 rings (SSSR count). The Bertz CT molecular complexity index is 3170. The van der Waals surface area contributed by atoms with Crippen molar-refractivity contribution in [1.82, 2.24) is 82.4 Å². The summed E-state index contributed by atoms with van der Waals surface area (Å²) >= 11 is 0. The molecule has 16 bridgehead atoms. The van der Waals surface area contributed by atoms with Crippen LogP contribution in [0.15, 0.2) is 97.1 Å². The van der Waals surface area contributed by atoms with Crippen molar-refractivity contribution in [3.63, 3.8) is 0 Å². The molecule has 5 saturated heterocycles. The summed E-state index contributed by atoms with van der Waals surface area (Å²) in [5.74, 6) is 8.18. The number of aromatic nitrogens is 8. The predicted molar refractivity (Wildman–Crippen MR) is 311 cm³/mol. The van der Waals surface area contributed by atoms with Crippen LogP contribution in [0.3, 0.4) is 0 Å². The summed E-state index contributed by atoms with van der Waals surface area (Å²) in [6.07, 6.45) is 25.6. The van der Waals surface area contributed by atoms with Crippen molar-refractivity contribution >= 4 is 44.1 Å². The van der Waals surface area contributed by atoms with E-state index in [1.54, 1.807) is 0 Å². The zero-order valence-corrected chi connectivity index (χ0v) is 48.0. The summed E-state index contributed by atoms with van der Waals surface area (Å²) in [6, 6.07) is 31.8. The monoisotopic (exact) mass is 1190 g/mol. The Morgan fingerprint density at radius 1 is 0.268 bits per heavy atom. The molecule has 2 radical (unpaired) electrons. The van der Waals surface area contributed by atoms with E-state index in [2.05, 4.69) is 42.5 Å². The second kappa shape index (κ2) is 22.1. The smallest absolute Gasteiger partial charge is 0.357 e. The topological polar surface area (TPSA) is 202 Å². The Hall–Kier alpha value is -5.05. The molecule has 16 nitrogen and oxygen atoms in total. The van der Waals surface area contributed by atoms with E-state index in [9.17, 15) is 0 Å². The zero-order chi connectivity index (χ0) is 52.4. The SMILES string of the molecule is C1CCC2C3NC(NC4NC(NC5NC(NC6NC(N3)C3CCCCC63)C3CCCCC53)C3CCCCC43)C2C1.[Co].[Cu+2].c1ccc2c(c1)-c1nc-2nc2[n-]c(nc3nc(nc4[n-]c(n1)c1ccccc41)-c1ccccc1-3)c1ccccc21. The van der Waals surface area contributed by atoms with Crippen LogP contribution in [0.4, 0.5) is 0 Å². The minimum atomic E-state index is 0. The molecule has 7 aliphatic heterocycles. The van der Waals surface area contributed by atoms with Gasteiger partial charge in [0.05, 0.1) is 72.6 Å². The summed E-state index contributed by atoms with van der Waals surface area (Å²) < 4.78 is 0. The normalized spacial score (nSPS) is 34.0. The second-order valence-corrected chi connectivity index (χ2v) is 25.3. The van der Waals surface area contributed by atoms with Crippen molar-refractivity contribution in [2.75, 3.05) is 0 Å². The first-order chi connectivity index (χ1) is 39.6. The average molecular weight is 1190 g/mol. The number of fused-ring (bicyclic) bond motifs is 40. The first-order valence-electron chi connectivity index (χ1n) is 30.8. The Labute approximate surface area is 499 Å². The number of benzene rings is 4. The Morgan fingerprint density at radius 3 is 0.646 bits per heavy atom. The van der Waals surface area contributed by atoms with Gasteiger partial charge >= 0.3 is 17.1 Å². The van der Waals surface area contributed by atoms with Gasteiger partial charge in [0.15, 0.2) is 0 Å². The van der Waals surface area contributed by atoms with E-state index in [1.165, 1.54) is 103 Å².